The van der Waals surface area contributed by atoms with Crippen LogP contribution in [0.25, 0.3) is 0 Å². The average Bonchev–Trinajstić information content (AvgIpc) is 1.96. The van der Waals surface area contributed by atoms with Crippen molar-refractivity contribution in [1.29, 1.82) is 0 Å². The van der Waals surface area contributed by atoms with Gasteiger partial charge in [0.05, 0.1) is 0 Å². The van der Waals surface area contributed by atoms with Crippen LogP contribution in [0, 0.1) is 0 Å². The molecule has 4 heteroatoms. The molecule has 12 heavy (non-hydrogen) atoms. The molecule has 0 saturated carbocycles. The van der Waals surface area contributed by atoms with Crippen LogP contribution in [0.4, 0.5) is 0 Å². The smallest absolute Gasteiger partial charge is 0.802 e. The first kappa shape index (κ1) is 15.7. The van der Waals surface area contributed by atoms with Crippen LogP contribution < -0.4 is 34.5 Å². The van der Waals surface area contributed by atoms with Crippen LogP contribution in [0.3, 0.4) is 0 Å². The summed E-state index contributed by atoms with van der Waals surface area (Å²) in [6, 6.07) is 0. The van der Waals surface area contributed by atoms with Gasteiger partial charge in [-0.05, 0) is 12.6 Å². The van der Waals surface area contributed by atoms with Gasteiger partial charge in [-0.2, -0.15) is 0 Å². The SMILES string of the molecule is CCCCCCCC[PH](=O)[O-].[Na+]. The summed E-state index contributed by atoms with van der Waals surface area (Å²) in [6.45, 7) is 2.18. The Balaban J connectivity index is 0. The van der Waals surface area contributed by atoms with Crippen LogP contribution in [-0.2, 0) is 4.57 Å². The molecule has 0 aromatic heterocycles. The number of hydrogen-bond acceptors (Lipinski definition) is 2. The number of rotatable bonds is 7. The van der Waals surface area contributed by atoms with Crippen LogP contribution >= 0.6 is 8.03 Å². The molecule has 0 aromatic rings. The molecule has 0 rings (SSSR count). The summed E-state index contributed by atoms with van der Waals surface area (Å²) in [5.41, 5.74) is 0. The first-order valence-electron chi connectivity index (χ1n) is 4.47. The topological polar surface area (TPSA) is 40.1 Å². The Morgan fingerprint density at radius 3 is 2.08 bits per heavy atom. The fraction of sp³-hybridized carbons (Fsp3) is 1.00. The van der Waals surface area contributed by atoms with Crippen molar-refractivity contribution in [2.45, 2.75) is 45.4 Å². The van der Waals surface area contributed by atoms with E-state index in [1.54, 1.807) is 0 Å². The van der Waals surface area contributed by atoms with E-state index in [1.807, 2.05) is 0 Å². The fourth-order valence-corrected chi connectivity index (χ4v) is 1.59. The fourth-order valence-electron chi connectivity index (χ4n) is 1.05. The normalized spacial score (nSPS) is 12.2. The van der Waals surface area contributed by atoms with Crippen molar-refractivity contribution in [3.63, 3.8) is 0 Å². The maximum atomic E-state index is 10.2. The predicted octanol–water partition coefficient (Wildman–Crippen LogP) is -0.814. The molecule has 0 bridgehead atoms. The zero-order chi connectivity index (χ0) is 8.53. The molecule has 0 aromatic carbocycles. The summed E-state index contributed by atoms with van der Waals surface area (Å²) in [7, 11) is -2.43. The second kappa shape index (κ2) is 12.2. The van der Waals surface area contributed by atoms with Crippen LogP contribution in [0.1, 0.15) is 45.4 Å². The van der Waals surface area contributed by atoms with Crippen molar-refractivity contribution in [3.8, 4) is 0 Å². The van der Waals surface area contributed by atoms with Crippen molar-refractivity contribution in [2.75, 3.05) is 6.16 Å². The number of hydrogen-bond donors (Lipinski definition) is 0. The Labute approximate surface area is 98.3 Å². The molecule has 0 saturated heterocycles. The maximum absolute atomic E-state index is 10.2. The molecule has 2 nitrogen and oxygen atoms in total. The Hall–Kier alpha value is 1.19. The third-order valence-corrected chi connectivity index (χ3v) is 2.50. The second-order valence-corrected chi connectivity index (χ2v) is 4.13. The van der Waals surface area contributed by atoms with Crippen molar-refractivity contribution in [2.24, 2.45) is 0 Å². The first-order chi connectivity index (χ1) is 5.27. The molecule has 0 aliphatic heterocycles. The zero-order valence-corrected chi connectivity index (χ0v) is 11.3. The molecule has 0 aliphatic rings. The largest absolute Gasteiger partial charge is 1.00 e. The van der Waals surface area contributed by atoms with Gasteiger partial charge in [0, 0.05) is 8.03 Å². The van der Waals surface area contributed by atoms with Gasteiger partial charge in [0.15, 0.2) is 0 Å². The van der Waals surface area contributed by atoms with Gasteiger partial charge in [-0.15, -0.1) is 0 Å². The van der Waals surface area contributed by atoms with Gasteiger partial charge in [-0.3, -0.25) is 0 Å². The van der Waals surface area contributed by atoms with Gasteiger partial charge in [-0.1, -0.05) is 39.0 Å². The van der Waals surface area contributed by atoms with Gasteiger partial charge in [-0.25, -0.2) is 0 Å². The Morgan fingerprint density at radius 1 is 1.08 bits per heavy atom. The Bertz CT molecular complexity index is 109. The van der Waals surface area contributed by atoms with Gasteiger partial charge < -0.3 is 9.46 Å². The van der Waals surface area contributed by atoms with Crippen molar-refractivity contribution < 1.29 is 39.0 Å². The minimum absolute atomic E-state index is 0. The molecule has 0 fully saturated rings. The summed E-state index contributed by atoms with van der Waals surface area (Å²) in [6.07, 6.45) is 7.35. The average molecular weight is 200 g/mol. The van der Waals surface area contributed by atoms with Gasteiger partial charge in [0.1, 0.15) is 0 Å². The van der Waals surface area contributed by atoms with Crippen molar-refractivity contribution in [1.82, 2.24) is 0 Å². The third kappa shape index (κ3) is 13.8. The first-order valence-corrected chi connectivity index (χ1v) is 5.99. The summed E-state index contributed by atoms with van der Waals surface area (Å²) >= 11 is 0. The number of unbranched alkanes of at least 4 members (excludes halogenated alkanes) is 5. The van der Waals surface area contributed by atoms with E-state index in [0.717, 1.165) is 12.8 Å². The summed E-state index contributed by atoms with van der Waals surface area (Å²) in [5.74, 6) is 0. The molecule has 1 atom stereocenters. The van der Waals surface area contributed by atoms with E-state index in [-0.39, 0.29) is 29.6 Å². The second-order valence-electron chi connectivity index (χ2n) is 2.89. The third-order valence-electron chi connectivity index (χ3n) is 1.73. The minimum atomic E-state index is -2.43. The monoisotopic (exact) mass is 200 g/mol. The minimum Gasteiger partial charge on any atom is -0.802 e. The summed E-state index contributed by atoms with van der Waals surface area (Å²) in [4.78, 5) is 10.2. The van der Waals surface area contributed by atoms with E-state index in [9.17, 15) is 9.46 Å². The van der Waals surface area contributed by atoms with Crippen molar-refractivity contribution >= 4 is 8.03 Å². The van der Waals surface area contributed by atoms with Crippen LogP contribution in [0.15, 0.2) is 0 Å². The molecule has 0 heterocycles. The maximum Gasteiger partial charge on any atom is 1.00 e. The van der Waals surface area contributed by atoms with E-state index in [2.05, 4.69) is 6.92 Å². The van der Waals surface area contributed by atoms with E-state index in [4.69, 9.17) is 0 Å². The summed E-state index contributed by atoms with van der Waals surface area (Å²) in [5, 5.41) is 0. The van der Waals surface area contributed by atoms with E-state index in [0.29, 0.717) is 6.16 Å². The van der Waals surface area contributed by atoms with E-state index < -0.39 is 8.03 Å². The van der Waals surface area contributed by atoms with E-state index >= 15 is 0 Å². The van der Waals surface area contributed by atoms with Gasteiger partial charge in [0.25, 0.3) is 0 Å². The van der Waals surface area contributed by atoms with Crippen LogP contribution in [0.5, 0.6) is 0 Å². The van der Waals surface area contributed by atoms with Gasteiger partial charge >= 0.3 is 29.6 Å². The molecule has 0 N–H and O–H groups in total. The Morgan fingerprint density at radius 2 is 1.58 bits per heavy atom. The molecule has 0 radical (unpaired) electrons. The quantitative estimate of drug-likeness (QED) is 0.306. The van der Waals surface area contributed by atoms with Crippen LogP contribution in [0.2, 0.25) is 0 Å². The van der Waals surface area contributed by atoms with Crippen molar-refractivity contribution in [3.05, 3.63) is 0 Å². The molecule has 1 unspecified atom stereocenters. The molecular formula is C8H18NaO2P. The Kier molecular flexibility index (Phi) is 15.9. The van der Waals surface area contributed by atoms with Crippen LogP contribution in [-0.4, -0.2) is 6.16 Å². The summed E-state index contributed by atoms with van der Waals surface area (Å²) < 4.78 is 10.2. The molecule has 68 valence electrons. The zero-order valence-electron chi connectivity index (χ0n) is 8.27. The molecular weight excluding hydrogens is 182 g/mol. The predicted molar refractivity (Wildman–Crippen MR) is 47.2 cm³/mol. The van der Waals surface area contributed by atoms with E-state index in [1.165, 1.54) is 25.7 Å². The molecule has 0 amide bonds. The van der Waals surface area contributed by atoms with Gasteiger partial charge in [0.2, 0.25) is 0 Å². The molecule has 0 aliphatic carbocycles. The standard InChI is InChI=1S/C8H19O2P.Na/c1-2-3-4-5-6-7-8-11(9)10;/h11H,2-8H2,1H3,(H,9,10);/q;+1/p-1. The molecule has 0 spiro atoms.